The maximum absolute atomic E-state index is 11.2. The number of unbranched alkanes of at least 4 members (excludes halogenated alkanes) is 2. The van der Waals surface area contributed by atoms with Gasteiger partial charge in [-0.15, -0.1) is 10.2 Å². The Morgan fingerprint density at radius 1 is 0.933 bits per heavy atom. The molecule has 0 bridgehead atoms. The van der Waals surface area contributed by atoms with Crippen LogP contribution in [-0.2, 0) is 29.5 Å². The van der Waals surface area contributed by atoms with Crippen molar-refractivity contribution in [3.05, 3.63) is 84.1 Å². The number of aryl methyl sites for hydroxylation is 1. The summed E-state index contributed by atoms with van der Waals surface area (Å²) < 4.78 is 18.3. The molecule has 0 aliphatic carbocycles. The zero-order valence-corrected chi connectivity index (χ0v) is 26.2. The van der Waals surface area contributed by atoms with Crippen LogP contribution in [0.5, 0.6) is 5.75 Å². The van der Waals surface area contributed by atoms with Crippen molar-refractivity contribution in [2.45, 2.75) is 45.6 Å². The molecule has 1 amide bonds. The Kier molecular flexibility index (Phi) is 16.0. The lowest BCUT2D eigenvalue weighted by molar-refractivity contribution is 0.0628. The number of anilines is 1. The van der Waals surface area contributed by atoms with E-state index in [0.29, 0.717) is 36.8 Å². The van der Waals surface area contributed by atoms with Crippen LogP contribution in [0.3, 0.4) is 0 Å². The number of carbonyl (C=O) groups excluding carboxylic acids is 1. The molecule has 0 atom stereocenters. The normalized spacial score (nSPS) is 10.6. The molecule has 0 saturated heterocycles. The number of nitrogens with two attached hydrogens (primary N) is 1. The van der Waals surface area contributed by atoms with Crippen molar-refractivity contribution in [1.29, 1.82) is 0 Å². The molecule has 242 valence electrons. The number of hydrogen-bond acceptors (Lipinski definition) is 10. The van der Waals surface area contributed by atoms with E-state index in [4.69, 9.17) is 25.1 Å². The summed E-state index contributed by atoms with van der Waals surface area (Å²) in [5.41, 5.74) is 8.53. The number of amides is 1. The Morgan fingerprint density at radius 2 is 1.71 bits per heavy atom. The first-order valence-corrected chi connectivity index (χ1v) is 15.3. The topological polar surface area (TPSA) is 160 Å². The van der Waals surface area contributed by atoms with Crippen molar-refractivity contribution in [3.63, 3.8) is 0 Å². The summed E-state index contributed by atoms with van der Waals surface area (Å²) in [7, 11) is 1.87. The molecule has 2 aromatic heterocycles. The van der Waals surface area contributed by atoms with Gasteiger partial charge in [0.2, 0.25) is 5.91 Å². The zero-order chi connectivity index (χ0) is 32.1. The molecule has 4 N–H and O–H groups in total. The fraction of sp³-hybridized carbons (Fsp3) is 0.424. The number of nitrogens with zero attached hydrogens (tertiary/aromatic N) is 5. The quantitative estimate of drug-likeness (QED) is 0.130. The summed E-state index contributed by atoms with van der Waals surface area (Å²) in [6.45, 7) is 6.06. The fourth-order valence-electron chi connectivity index (χ4n) is 4.18. The number of hydrogen-bond donors (Lipinski definition) is 3. The lowest BCUT2D eigenvalue weighted by atomic mass is 10.2. The Morgan fingerprint density at radius 3 is 2.47 bits per heavy atom. The third-order valence-electron chi connectivity index (χ3n) is 6.70. The van der Waals surface area contributed by atoms with E-state index >= 15 is 0 Å². The lowest BCUT2D eigenvalue weighted by Crippen LogP contribution is -2.12. The van der Waals surface area contributed by atoms with Gasteiger partial charge in [0.05, 0.1) is 26.4 Å². The fourth-order valence-corrected chi connectivity index (χ4v) is 4.18. The minimum Gasteiger partial charge on any atom is -0.494 e. The smallest absolute Gasteiger partial charge is 0.248 e. The molecule has 4 aromatic rings. The zero-order valence-electron chi connectivity index (χ0n) is 26.2. The van der Waals surface area contributed by atoms with E-state index < -0.39 is 5.91 Å². The third kappa shape index (κ3) is 13.0. The number of carbonyl (C=O) groups is 1. The molecule has 12 nitrogen and oxygen atoms in total. The molecule has 0 unspecified atom stereocenters. The monoisotopic (exact) mass is 619 g/mol. The second-order valence-corrected chi connectivity index (χ2v) is 10.1. The summed E-state index contributed by atoms with van der Waals surface area (Å²) in [6, 6.07) is 17.1. The molecule has 2 aromatic carbocycles. The second-order valence-electron chi connectivity index (χ2n) is 10.1. The predicted molar refractivity (Wildman–Crippen MR) is 173 cm³/mol. The van der Waals surface area contributed by atoms with Crippen molar-refractivity contribution in [2.24, 2.45) is 12.8 Å². The molecule has 0 aliphatic rings. The van der Waals surface area contributed by atoms with Crippen molar-refractivity contribution in [3.8, 4) is 17.3 Å². The molecular weight excluding hydrogens is 574 g/mol. The highest BCUT2D eigenvalue weighted by molar-refractivity contribution is 5.93. The van der Waals surface area contributed by atoms with Gasteiger partial charge in [-0.05, 0) is 74.1 Å². The highest BCUT2D eigenvalue weighted by Gasteiger charge is 2.11. The summed E-state index contributed by atoms with van der Waals surface area (Å²) in [5.74, 6) is 1.91. The highest BCUT2D eigenvalue weighted by atomic mass is 16.5. The van der Waals surface area contributed by atoms with Gasteiger partial charge in [-0.1, -0.05) is 25.1 Å². The number of aliphatic hydroxyl groups is 1. The summed E-state index contributed by atoms with van der Waals surface area (Å²) in [4.78, 5) is 19.3. The number of rotatable bonds is 19. The van der Waals surface area contributed by atoms with E-state index in [-0.39, 0.29) is 6.61 Å². The SMILES string of the molecule is CCc1cccc(OCCCCCOCCCOCCO)c1.Cn1c(CNc2cccc(C(N)=O)c2)nnc1-c1ccncn1. The molecule has 0 spiro atoms. The van der Waals surface area contributed by atoms with Crippen molar-refractivity contribution in [1.82, 2.24) is 24.7 Å². The number of aliphatic hydroxyl groups excluding tert-OH is 1. The summed E-state index contributed by atoms with van der Waals surface area (Å²) >= 11 is 0. The van der Waals surface area contributed by atoms with E-state index in [1.54, 1.807) is 30.5 Å². The Balaban J connectivity index is 0.000000246. The van der Waals surface area contributed by atoms with Gasteiger partial charge in [0.25, 0.3) is 0 Å². The molecule has 0 fully saturated rings. The molecule has 0 radical (unpaired) electrons. The van der Waals surface area contributed by atoms with Gasteiger partial charge in [-0.25, -0.2) is 9.97 Å². The Bertz CT molecular complexity index is 1400. The van der Waals surface area contributed by atoms with Crippen LogP contribution >= 0.6 is 0 Å². The number of benzene rings is 2. The van der Waals surface area contributed by atoms with Crippen LogP contribution in [0.25, 0.3) is 11.5 Å². The standard InChI is InChI=1S/C18H30O4.C15H15N7O/c1-2-17-8-6-9-18(16-17)22-14-5-3-4-11-20-12-7-13-21-15-10-19;1-22-13(20-21-15(22)12-5-6-17-9-19-12)8-18-11-4-2-3-10(7-11)14(16)23/h6,8-9,16,19H,2-5,7,10-15H2,1H3;2-7,9,18H,8H2,1H3,(H2,16,23). The predicted octanol–water partition coefficient (Wildman–Crippen LogP) is 4.20. The number of primary amides is 1. The van der Waals surface area contributed by atoms with E-state index in [9.17, 15) is 4.79 Å². The van der Waals surface area contributed by atoms with E-state index in [2.05, 4.69) is 44.5 Å². The lowest BCUT2D eigenvalue weighted by Gasteiger charge is -2.08. The molecule has 45 heavy (non-hydrogen) atoms. The van der Waals surface area contributed by atoms with Gasteiger partial charge in [-0.3, -0.25) is 4.79 Å². The first-order valence-electron chi connectivity index (χ1n) is 15.3. The Labute approximate surface area is 265 Å². The average molecular weight is 620 g/mol. The molecule has 4 rings (SSSR count). The first kappa shape index (κ1) is 35.1. The second kappa shape index (κ2) is 20.5. The largest absolute Gasteiger partial charge is 0.494 e. The highest BCUT2D eigenvalue weighted by Crippen LogP contribution is 2.16. The van der Waals surface area contributed by atoms with Gasteiger partial charge in [0.1, 0.15) is 17.8 Å². The van der Waals surface area contributed by atoms with Crippen LogP contribution in [0.4, 0.5) is 5.69 Å². The van der Waals surface area contributed by atoms with Crippen LogP contribution in [0.15, 0.2) is 67.1 Å². The number of aromatic nitrogens is 5. The van der Waals surface area contributed by atoms with Crippen molar-refractivity contribution >= 4 is 11.6 Å². The summed E-state index contributed by atoms with van der Waals surface area (Å²) in [5, 5.41) is 20.1. The Hall–Kier alpha value is -4.39. The first-order chi connectivity index (χ1) is 22.0. The number of nitrogens with one attached hydrogen (secondary N) is 1. The molecule has 2 heterocycles. The van der Waals surface area contributed by atoms with Crippen molar-refractivity contribution < 1.29 is 24.1 Å². The van der Waals surface area contributed by atoms with Gasteiger partial charge in [0.15, 0.2) is 11.6 Å². The van der Waals surface area contributed by atoms with Gasteiger partial charge in [-0.2, -0.15) is 0 Å². The van der Waals surface area contributed by atoms with E-state index in [1.165, 1.54) is 11.9 Å². The minimum atomic E-state index is -0.460. The maximum atomic E-state index is 11.2. The van der Waals surface area contributed by atoms with Crippen LogP contribution in [0, 0.1) is 0 Å². The van der Waals surface area contributed by atoms with Gasteiger partial charge < -0.3 is 34.9 Å². The molecule has 0 aliphatic heterocycles. The number of ether oxygens (including phenoxy) is 3. The molecular formula is C33H45N7O5. The van der Waals surface area contributed by atoms with E-state index in [0.717, 1.165) is 69.2 Å². The van der Waals surface area contributed by atoms with Gasteiger partial charge >= 0.3 is 0 Å². The minimum absolute atomic E-state index is 0.0890. The third-order valence-corrected chi connectivity index (χ3v) is 6.70. The average Bonchev–Trinajstić information content (AvgIpc) is 3.45. The van der Waals surface area contributed by atoms with Crippen molar-refractivity contribution in [2.75, 3.05) is 45.0 Å². The summed E-state index contributed by atoms with van der Waals surface area (Å²) in [6.07, 6.45) is 8.29. The van der Waals surface area contributed by atoms with Crippen LogP contribution < -0.4 is 15.8 Å². The van der Waals surface area contributed by atoms with E-state index in [1.807, 2.05) is 29.8 Å². The maximum Gasteiger partial charge on any atom is 0.248 e. The molecule has 12 heteroatoms. The van der Waals surface area contributed by atoms with Crippen LogP contribution in [-0.4, -0.2) is 75.4 Å². The van der Waals surface area contributed by atoms with Crippen LogP contribution in [0.2, 0.25) is 0 Å². The van der Waals surface area contributed by atoms with Crippen LogP contribution in [0.1, 0.15) is 54.4 Å². The van der Waals surface area contributed by atoms with Gasteiger partial charge in [0, 0.05) is 44.3 Å². The molecule has 0 saturated carbocycles.